The van der Waals surface area contributed by atoms with E-state index in [9.17, 15) is 9.59 Å². The van der Waals surface area contributed by atoms with Gasteiger partial charge in [-0.15, -0.1) is 0 Å². The fourth-order valence-electron chi connectivity index (χ4n) is 4.14. The van der Waals surface area contributed by atoms with Crippen molar-refractivity contribution in [3.63, 3.8) is 0 Å². The smallest absolute Gasteiger partial charge is 0.234 e. The van der Waals surface area contributed by atoms with Crippen LogP contribution in [0, 0.1) is 18.3 Å². The van der Waals surface area contributed by atoms with Crippen molar-refractivity contribution in [3.8, 4) is 0 Å². The van der Waals surface area contributed by atoms with E-state index in [0.29, 0.717) is 12.3 Å². The van der Waals surface area contributed by atoms with Crippen LogP contribution in [0.15, 0.2) is 24.3 Å². The summed E-state index contributed by atoms with van der Waals surface area (Å²) in [4.78, 5) is 24.5. The van der Waals surface area contributed by atoms with Gasteiger partial charge < -0.3 is 0 Å². The summed E-state index contributed by atoms with van der Waals surface area (Å²) in [6, 6.07) is 8.10. The van der Waals surface area contributed by atoms with E-state index in [2.05, 4.69) is 31.3 Å². The van der Waals surface area contributed by atoms with Crippen LogP contribution in [0.5, 0.6) is 0 Å². The number of carbonyl (C=O) groups is 2. The molecule has 3 heteroatoms. The standard InChI is InChI=1S/C18H23NO2/c1-12-7-9-18(10-8-12)11-15(20)19-17(21)16(18)14-6-4-3-5-13(14)2/h3-6,12,16H,7-11H2,1-2H3,(H,19,20,21). The van der Waals surface area contributed by atoms with Crippen LogP contribution in [0.25, 0.3) is 0 Å². The Morgan fingerprint density at radius 2 is 1.81 bits per heavy atom. The lowest BCUT2D eigenvalue weighted by molar-refractivity contribution is -0.141. The maximum atomic E-state index is 12.6. The van der Waals surface area contributed by atoms with Gasteiger partial charge in [0.05, 0.1) is 5.92 Å². The van der Waals surface area contributed by atoms with Crippen molar-refractivity contribution in [1.82, 2.24) is 5.32 Å². The third kappa shape index (κ3) is 2.50. The number of imide groups is 1. The molecule has 112 valence electrons. The lowest BCUT2D eigenvalue weighted by Gasteiger charge is -2.47. The molecular weight excluding hydrogens is 262 g/mol. The number of hydrogen-bond donors (Lipinski definition) is 1. The summed E-state index contributed by atoms with van der Waals surface area (Å²) < 4.78 is 0. The maximum Gasteiger partial charge on any atom is 0.234 e. The van der Waals surface area contributed by atoms with Crippen molar-refractivity contribution in [2.24, 2.45) is 11.3 Å². The number of aryl methyl sites for hydroxylation is 1. The number of hydrogen-bond acceptors (Lipinski definition) is 2. The van der Waals surface area contributed by atoms with Gasteiger partial charge in [-0.3, -0.25) is 14.9 Å². The molecule has 2 aliphatic rings. The highest BCUT2D eigenvalue weighted by Gasteiger charge is 2.50. The number of piperidine rings is 1. The van der Waals surface area contributed by atoms with Gasteiger partial charge >= 0.3 is 0 Å². The predicted octanol–water partition coefficient (Wildman–Crippen LogP) is 3.32. The third-order valence-electron chi connectivity index (χ3n) is 5.42. The molecule has 1 heterocycles. The zero-order valence-electron chi connectivity index (χ0n) is 12.8. The molecule has 1 N–H and O–H groups in total. The van der Waals surface area contributed by atoms with Crippen LogP contribution in [0.1, 0.15) is 56.1 Å². The molecule has 3 nitrogen and oxygen atoms in total. The minimum atomic E-state index is -0.177. The Morgan fingerprint density at radius 1 is 1.14 bits per heavy atom. The van der Waals surface area contributed by atoms with Gasteiger partial charge in [0, 0.05) is 6.42 Å². The van der Waals surface area contributed by atoms with Gasteiger partial charge in [-0.05, 0) is 42.2 Å². The molecule has 2 fully saturated rings. The first-order chi connectivity index (χ1) is 10.0. The zero-order valence-corrected chi connectivity index (χ0v) is 12.8. The molecule has 1 aliphatic heterocycles. The first-order valence-corrected chi connectivity index (χ1v) is 7.91. The van der Waals surface area contributed by atoms with Gasteiger partial charge in [0.1, 0.15) is 0 Å². The van der Waals surface area contributed by atoms with E-state index in [1.54, 1.807) is 0 Å². The Labute approximate surface area is 126 Å². The normalized spacial score (nSPS) is 33.0. The highest BCUT2D eigenvalue weighted by molar-refractivity contribution is 6.02. The Bertz CT molecular complexity index is 570. The molecule has 0 aromatic heterocycles. The van der Waals surface area contributed by atoms with Crippen LogP contribution in [0.3, 0.4) is 0 Å². The van der Waals surface area contributed by atoms with E-state index in [4.69, 9.17) is 0 Å². The SMILES string of the molecule is Cc1ccccc1C1C(=O)NC(=O)CC12CCC(C)CC2. The summed E-state index contributed by atoms with van der Waals surface area (Å²) in [5.41, 5.74) is 2.07. The van der Waals surface area contributed by atoms with Crippen LogP contribution < -0.4 is 5.32 Å². The summed E-state index contributed by atoms with van der Waals surface area (Å²) in [6.07, 6.45) is 4.68. The topological polar surface area (TPSA) is 46.2 Å². The number of carbonyl (C=O) groups excluding carboxylic acids is 2. The molecule has 2 amide bonds. The van der Waals surface area contributed by atoms with Crippen LogP contribution in [0.4, 0.5) is 0 Å². The lowest BCUT2D eigenvalue weighted by Crippen LogP contribution is -2.52. The van der Waals surface area contributed by atoms with E-state index in [1.165, 1.54) is 0 Å². The van der Waals surface area contributed by atoms with Gasteiger partial charge in [-0.25, -0.2) is 0 Å². The average molecular weight is 285 g/mol. The average Bonchev–Trinajstić information content (AvgIpc) is 2.43. The fraction of sp³-hybridized carbons (Fsp3) is 0.556. The van der Waals surface area contributed by atoms with Gasteiger partial charge in [0.2, 0.25) is 11.8 Å². The van der Waals surface area contributed by atoms with Crippen molar-refractivity contribution < 1.29 is 9.59 Å². The Kier molecular flexibility index (Phi) is 3.60. The Hall–Kier alpha value is -1.64. The van der Waals surface area contributed by atoms with Crippen molar-refractivity contribution in [2.45, 2.75) is 51.9 Å². The molecule has 1 atom stereocenters. The number of nitrogens with one attached hydrogen (secondary N) is 1. The molecule has 0 radical (unpaired) electrons. The Morgan fingerprint density at radius 3 is 2.48 bits per heavy atom. The zero-order chi connectivity index (χ0) is 15.0. The molecule has 1 aliphatic carbocycles. The number of benzene rings is 1. The summed E-state index contributed by atoms with van der Waals surface area (Å²) in [7, 11) is 0. The highest BCUT2D eigenvalue weighted by atomic mass is 16.2. The lowest BCUT2D eigenvalue weighted by atomic mass is 9.58. The molecule has 21 heavy (non-hydrogen) atoms. The molecule has 0 bridgehead atoms. The summed E-state index contributed by atoms with van der Waals surface area (Å²) in [5.74, 6) is 0.326. The molecule has 1 saturated carbocycles. The van der Waals surface area contributed by atoms with E-state index in [1.807, 2.05) is 12.1 Å². The van der Waals surface area contributed by atoms with Crippen LogP contribution >= 0.6 is 0 Å². The van der Waals surface area contributed by atoms with Crippen molar-refractivity contribution in [1.29, 1.82) is 0 Å². The van der Waals surface area contributed by atoms with Gasteiger partial charge in [-0.1, -0.05) is 44.0 Å². The van der Waals surface area contributed by atoms with Crippen LogP contribution in [-0.4, -0.2) is 11.8 Å². The minimum absolute atomic E-state index is 0.0978. The summed E-state index contributed by atoms with van der Waals surface area (Å²) in [6.45, 7) is 4.32. The van der Waals surface area contributed by atoms with Gasteiger partial charge in [-0.2, -0.15) is 0 Å². The van der Waals surface area contributed by atoms with Crippen molar-refractivity contribution in [2.75, 3.05) is 0 Å². The number of amides is 2. The predicted molar refractivity (Wildman–Crippen MR) is 81.8 cm³/mol. The Balaban J connectivity index is 2.03. The molecule has 1 aromatic rings. The molecular formula is C18H23NO2. The van der Waals surface area contributed by atoms with E-state index in [-0.39, 0.29) is 23.1 Å². The third-order valence-corrected chi connectivity index (χ3v) is 5.42. The number of rotatable bonds is 1. The minimum Gasteiger partial charge on any atom is -0.296 e. The van der Waals surface area contributed by atoms with Crippen molar-refractivity contribution >= 4 is 11.8 Å². The quantitative estimate of drug-likeness (QED) is 0.805. The maximum absolute atomic E-state index is 12.6. The summed E-state index contributed by atoms with van der Waals surface area (Å²) >= 11 is 0. The molecule has 1 aromatic carbocycles. The molecule has 1 spiro atoms. The largest absolute Gasteiger partial charge is 0.296 e. The van der Waals surface area contributed by atoms with E-state index in [0.717, 1.165) is 36.8 Å². The molecule has 3 rings (SSSR count). The summed E-state index contributed by atoms with van der Waals surface area (Å²) in [5, 5.41) is 2.56. The van der Waals surface area contributed by atoms with Crippen molar-refractivity contribution in [3.05, 3.63) is 35.4 Å². The highest BCUT2D eigenvalue weighted by Crippen LogP contribution is 2.53. The molecule has 1 saturated heterocycles. The second kappa shape index (κ2) is 5.28. The van der Waals surface area contributed by atoms with Gasteiger partial charge in [0.25, 0.3) is 0 Å². The molecule has 1 unspecified atom stereocenters. The second-order valence-electron chi connectivity index (χ2n) is 6.92. The fourth-order valence-corrected chi connectivity index (χ4v) is 4.14. The second-order valence-corrected chi connectivity index (χ2v) is 6.92. The first kappa shape index (κ1) is 14.3. The van der Waals surface area contributed by atoms with Gasteiger partial charge in [0.15, 0.2) is 0 Å². The monoisotopic (exact) mass is 285 g/mol. The van der Waals surface area contributed by atoms with E-state index < -0.39 is 0 Å². The van der Waals surface area contributed by atoms with E-state index >= 15 is 0 Å². The van der Waals surface area contributed by atoms with Crippen LogP contribution in [-0.2, 0) is 9.59 Å². The van der Waals surface area contributed by atoms with Crippen LogP contribution in [0.2, 0.25) is 0 Å². The first-order valence-electron chi connectivity index (χ1n) is 7.91.